The maximum atomic E-state index is 10.1. The van der Waals surface area contributed by atoms with Crippen molar-refractivity contribution in [2.24, 2.45) is 0 Å². The van der Waals surface area contributed by atoms with Gasteiger partial charge in [-0.15, -0.1) is 0 Å². The van der Waals surface area contributed by atoms with Crippen LogP contribution in [0, 0.1) is 0 Å². The maximum Gasteiger partial charge on any atom is 0.201 e. The van der Waals surface area contributed by atoms with E-state index in [4.69, 9.17) is 9.47 Å². The van der Waals surface area contributed by atoms with E-state index in [1.54, 1.807) is 0 Å². The Bertz CT molecular complexity index is 449. The van der Waals surface area contributed by atoms with Gasteiger partial charge in [0.2, 0.25) is 5.79 Å². The summed E-state index contributed by atoms with van der Waals surface area (Å²) in [4.78, 5) is 0. The number of hydrogen-bond acceptors (Lipinski definition) is 5. The Hall–Kier alpha value is -0.980. The van der Waals surface area contributed by atoms with Crippen molar-refractivity contribution in [3.8, 4) is 0 Å². The average Bonchev–Trinajstić information content (AvgIpc) is 2.41. The van der Waals surface area contributed by atoms with E-state index in [0.717, 1.165) is 11.1 Å². The first kappa shape index (κ1) is 12.1. The van der Waals surface area contributed by atoms with Crippen molar-refractivity contribution in [3.05, 3.63) is 35.4 Å². The summed E-state index contributed by atoms with van der Waals surface area (Å²) in [5.74, 6) is -1.24. The molecule has 3 rings (SSSR count). The smallest absolute Gasteiger partial charge is 0.201 e. The number of aliphatic hydroxyl groups is 3. The summed E-state index contributed by atoms with van der Waals surface area (Å²) in [6, 6.07) is 7.76. The molecule has 2 aliphatic rings. The molecule has 0 aromatic heterocycles. The highest BCUT2D eigenvalue weighted by Gasteiger charge is 2.52. The topological polar surface area (TPSA) is 79.2 Å². The van der Waals surface area contributed by atoms with Gasteiger partial charge >= 0.3 is 0 Å². The summed E-state index contributed by atoms with van der Waals surface area (Å²) < 4.78 is 11.1. The third kappa shape index (κ3) is 1.75. The number of ether oxygens (including phenoxy) is 2. The molecule has 1 fully saturated rings. The predicted molar refractivity (Wildman–Crippen MR) is 61.6 cm³/mol. The zero-order valence-electron chi connectivity index (χ0n) is 9.82. The van der Waals surface area contributed by atoms with Gasteiger partial charge in [0, 0.05) is 6.42 Å². The van der Waals surface area contributed by atoms with E-state index in [0.29, 0.717) is 13.0 Å². The minimum Gasteiger partial charge on any atom is -0.388 e. The molecule has 98 valence electrons. The Balaban J connectivity index is 1.90. The van der Waals surface area contributed by atoms with Gasteiger partial charge in [0.15, 0.2) is 0 Å². The molecular formula is C13H16O5. The normalized spacial score (nSPS) is 39.6. The largest absolute Gasteiger partial charge is 0.388 e. The molecule has 0 radical (unpaired) electrons. The fourth-order valence-corrected chi connectivity index (χ4v) is 2.55. The van der Waals surface area contributed by atoms with Crippen LogP contribution >= 0.6 is 0 Å². The average molecular weight is 252 g/mol. The second-order valence-electron chi connectivity index (χ2n) is 4.86. The van der Waals surface area contributed by atoms with Crippen LogP contribution in [0.3, 0.4) is 0 Å². The second-order valence-corrected chi connectivity index (χ2v) is 4.86. The van der Waals surface area contributed by atoms with E-state index in [-0.39, 0.29) is 6.61 Å². The highest BCUT2D eigenvalue weighted by Crippen LogP contribution is 2.36. The minimum atomic E-state index is -1.25. The van der Waals surface area contributed by atoms with Crippen LogP contribution in [-0.2, 0) is 22.5 Å². The molecule has 1 aromatic carbocycles. The van der Waals surface area contributed by atoms with E-state index >= 15 is 0 Å². The van der Waals surface area contributed by atoms with Gasteiger partial charge in [-0.3, -0.25) is 0 Å². The lowest BCUT2D eigenvalue weighted by molar-refractivity contribution is -0.346. The van der Waals surface area contributed by atoms with E-state index < -0.39 is 24.1 Å². The van der Waals surface area contributed by atoms with Crippen molar-refractivity contribution in [2.75, 3.05) is 6.61 Å². The summed E-state index contributed by atoms with van der Waals surface area (Å²) in [6.07, 6.45) is -3.21. The summed E-state index contributed by atoms with van der Waals surface area (Å²) >= 11 is 0. The lowest BCUT2D eigenvalue weighted by atomic mass is 9.88. The molecule has 0 unspecified atom stereocenters. The molecule has 18 heavy (non-hydrogen) atoms. The lowest BCUT2D eigenvalue weighted by Gasteiger charge is -2.47. The van der Waals surface area contributed by atoms with Crippen molar-refractivity contribution >= 4 is 0 Å². The Morgan fingerprint density at radius 1 is 1.06 bits per heavy atom. The van der Waals surface area contributed by atoms with Gasteiger partial charge in [-0.25, -0.2) is 0 Å². The summed E-state index contributed by atoms with van der Waals surface area (Å²) in [7, 11) is 0. The second kappa shape index (κ2) is 4.29. The van der Waals surface area contributed by atoms with Crippen molar-refractivity contribution in [2.45, 2.75) is 37.1 Å². The fraction of sp³-hybridized carbons (Fsp3) is 0.538. The molecule has 3 N–H and O–H groups in total. The zero-order chi connectivity index (χ0) is 12.8. The molecule has 4 atom stereocenters. The molecular weight excluding hydrogens is 236 g/mol. The van der Waals surface area contributed by atoms with Gasteiger partial charge in [-0.05, 0) is 11.1 Å². The zero-order valence-corrected chi connectivity index (χ0v) is 9.82. The van der Waals surface area contributed by atoms with Crippen LogP contribution in [0.2, 0.25) is 0 Å². The first-order valence-corrected chi connectivity index (χ1v) is 6.01. The number of rotatable bonds is 0. The molecule has 1 aromatic rings. The quantitative estimate of drug-likeness (QED) is 0.584. The highest BCUT2D eigenvalue weighted by molar-refractivity contribution is 5.30. The van der Waals surface area contributed by atoms with Crippen LogP contribution in [-0.4, -0.2) is 46.0 Å². The van der Waals surface area contributed by atoms with Crippen molar-refractivity contribution < 1.29 is 24.8 Å². The van der Waals surface area contributed by atoms with Gasteiger partial charge in [-0.1, -0.05) is 24.3 Å². The van der Waals surface area contributed by atoms with Gasteiger partial charge < -0.3 is 24.8 Å². The molecule has 0 bridgehead atoms. The van der Waals surface area contributed by atoms with E-state index in [9.17, 15) is 15.3 Å². The van der Waals surface area contributed by atoms with E-state index in [1.807, 2.05) is 24.3 Å². The Morgan fingerprint density at radius 3 is 2.56 bits per heavy atom. The molecule has 0 aliphatic carbocycles. The van der Waals surface area contributed by atoms with Crippen LogP contribution in [0.5, 0.6) is 0 Å². The number of aliphatic hydroxyl groups excluding tert-OH is 3. The fourth-order valence-electron chi connectivity index (χ4n) is 2.55. The van der Waals surface area contributed by atoms with Crippen LogP contribution in [0.15, 0.2) is 24.3 Å². The van der Waals surface area contributed by atoms with Crippen molar-refractivity contribution in [1.29, 1.82) is 0 Å². The van der Waals surface area contributed by atoms with Crippen molar-refractivity contribution in [3.63, 3.8) is 0 Å². The van der Waals surface area contributed by atoms with Gasteiger partial charge in [0.25, 0.3) is 0 Å². The lowest BCUT2D eigenvalue weighted by Crippen LogP contribution is -2.63. The molecule has 2 aliphatic heterocycles. The standard InChI is InChI=1S/C13H16O5/c14-10-7-18-13(12(16)11(10)15)5-8-3-1-2-4-9(8)6-17-13/h1-4,10-12,14-16H,5-7H2/t10-,11-,12+,13+/m1/s1. The first-order valence-electron chi connectivity index (χ1n) is 6.01. The van der Waals surface area contributed by atoms with Gasteiger partial charge in [0.05, 0.1) is 13.2 Å². The number of fused-ring (bicyclic) bond motifs is 1. The Kier molecular flexibility index (Phi) is 2.88. The Morgan fingerprint density at radius 2 is 1.78 bits per heavy atom. The SMILES string of the molecule is O[C@@H]1[C@H](O)CO[C@@]2(Cc3ccccc3CO2)[C@H]1O. The summed E-state index contributed by atoms with van der Waals surface area (Å²) in [6.45, 7) is 0.288. The molecule has 0 amide bonds. The molecule has 2 heterocycles. The molecule has 1 spiro atoms. The van der Waals surface area contributed by atoms with Crippen molar-refractivity contribution in [1.82, 2.24) is 0 Å². The van der Waals surface area contributed by atoms with Gasteiger partial charge in [0.1, 0.15) is 18.3 Å². The number of hydrogen-bond donors (Lipinski definition) is 3. The molecule has 1 saturated heterocycles. The molecule has 5 nitrogen and oxygen atoms in total. The van der Waals surface area contributed by atoms with Crippen LogP contribution in [0.4, 0.5) is 0 Å². The Labute approximate surface area is 105 Å². The highest BCUT2D eigenvalue weighted by atomic mass is 16.7. The number of benzene rings is 1. The summed E-state index contributed by atoms with van der Waals surface area (Å²) in [5.41, 5.74) is 2.09. The predicted octanol–water partition coefficient (Wildman–Crippen LogP) is -0.432. The summed E-state index contributed by atoms with van der Waals surface area (Å²) in [5, 5.41) is 29.3. The van der Waals surface area contributed by atoms with Gasteiger partial charge in [-0.2, -0.15) is 0 Å². The molecule has 5 heteroatoms. The third-order valence-corrected chi connectivity index (χ3v) is 3.69. The third-order valence-electron chi connectivity index (χ3n) is 3.69. The molecule has 0 saturated carbocycles. The van der Waals surface area contributed by atoms with E-state index in [1.165, 1.54) is 0 Å². The van der Waals surface area contributed by atoms with Crippen LogP contribution in [0.25, 0.3) is 0 Å². The monoisotopic (exact) mass is 252 g/mol. The maximum absolute atomic E-state index is 10.1. The van der Waals surface area contributed by atoms with E-state index in [2.05, 4.69) is 0 Å². The van der Waals surface area contributed by atoms with Crippen LogP contribution in [0.1, 0.15) is 11.1 Å². The first-order chi connectivity index (χ1) is 8.62. The minimum absolute atomic E-state index is 0.0413. The van der Waals surface area contributed by atoms with Crippen LogP contribution < -0.4 is 0 Å².